The minimum Gasteiger partial charge on any atom is -0.370 e. The maximum atomic E-state index is 4.11. The molecule has 1 saturated heterocycles. The molecule has 0 saturated carbocycles. The Morgan fingerprint density at radius 1 is 1.33 bits per heavy atom. The molecular formula is C11H18N4. The van der Waals surface area contributed by atoms with Gasteiger partial charge in [0, 0.05) is 12.7 Å². The van der Waals surface area contributed by atoms with Crippen molar-refractivity contribution >= 4 is 5.82 Å². The molecule has 2 heterocycles. The lowest BCUT2D eigenvalue weighted by atomic mass is 10.4. The van der Waals surface area contributed by atoms with E-state index >= 15 is 0 Å². The van der Waals surface area contributed by atoms with E-state index in [2.05, 4.69) is 20.2 Å². The van der Waals surface area contributed by atoms with Gasteiger partial charge in [-0.1, -0.05) is 0 Å². The molecule has 0 unspecified atom stereocenters. The Morgan fingerprint density at radius 2 is 2.20 bits per heavy atom. The first-order valence-electron chi connectivity index (χ1n) is 5.67. The van der Waals surface area contributed by atoms with E-state index in [0.717, 1.165) is 12.4 Å². The molecule has 15 heavy (non-hydrogen) atoms. The third-order valence-corrected chi connectivity index (χ3v) is 2.74. The highest BCUT2D eigenvalue weighted by Crippen LogP contribution is 2.07. The minimum atomic E-state index is 0.923. The van der Waals surface area contributed by atoms with Gasteiger partial charge in [-0.3, -0.25) is 0 Å². The summed E-state index contributed by atoms with van der Waals surface area (Å²) in [6.45, 7) is 4.77. The second kappa shape index (κ2) is 5.66. The first-order valence-corrected chi connectivity index (χ1v) is 5.67. The van der Waals surface area contributed by atoms with E-state index in [1.54, 1.807) is 12.5 Å². The van der Waals surface area contributed by atoms with Gasteiger partial charge in [-0.05, 0) is 45.0 Å². The molecule has 1 aromatic rings. The van der Waals surface area contributed by atoms with Gasteiger partial charge in [0.25, 0.3) is 0 Å². The van der Waals surface area contributed by atoms with Crippen molar-refractivity contribution in [2.45, 2.75) is 19.3 Å². The van der Waals surface area contributed by atoms with Gasteiger partial charge in [0.2, 0.25) is 0 Å². The summed E-state index contributed by atoms with van der Waals surface area (Å²) in [6.07, 6.45) is 7.27. The molecule has 1 N–H and O–H groups in total. The number of likely N-dealkylation sites (tertiary alicyclic amines) is 1. The van der Waals surface area contributed by atoms with Crippen LogP contribution in [0.2, 0.25) is 0 Å². The van der Waals surface area contributed by atoms with Crippen LogP contribution in [0.1, 0.15) is 19.3 Å². The summed E-state index contributed by atoms with van der Waals surface area (Å²) in [5.41, 5.74) is 0. The van der Waals surface area contributed by atoms with Crippen molar-refractivity contribution in [2.75, 3.05) is 31.5 Å². The molecule has 0 aliphatic carbocycles. The van der Waals surface area contributed by atoms with Crippen molar-refractivity contribution in [3.8, 4) is 0 Å². The van der Waals surface area contributed by atoms with E-state index in [4.69, 9.17) is 0 Å². The summed E-state index contributed by atoms with van der Waals surface area (Å²) in [4.78, 5) is 10.5. The molecular weight excluding hydrogens is 188 g/mol. The number of anilines is 1. The molecule has 0 spiro atoms. The predicted octanol–water partition coefficient (Wildman–Crippen LogP) is 1.37. The predicted molar refractivity (Wildman–Crippen MR) is 60.8 cm³/mol. The monoisotopic (exact) mass is 206 g/mol. The van der Waals surface area contributed by atoms with Crippen LogP contribution in [0.3, 0.4) is 0 Å². The maximum Gasteiger partial charge on any atom is 0.129 e. The van der Waals surface area contributed by atoms with E-state index in [1.807, 2.05) is 6.07 Å². The molecule has 2 rings (SSSR count). The van der Waals surface area contributed by atoms with Crippen molar-refractivity contribution < 1.29 is 0 Å². The molecule has 0 radical (unpaired) electrons. The average Bonchev–Trinajstić information content (AvgIpc) is 2.79. The Hall–Kier alpha value is -1.16. The SMILES string of the molecule is c1cc(NCCCN2CCCC2)ncn1. The minimum absolute atomic E-state index is 0.923. The van der Waals surface area contributed by atoms with Gasteiger partial charge < -0.3 is 10.2 Å². The third kappa shape index (κ3) is 3.47. The first kappa shape index (κ1) is 10.4. The van der Waals surface area contributed by atoms with Crippen LogP contribution in [0.5, 0.6) is 0 Å². The maximum absolute atomic E-state index is 4.11. The molecule has 0 atom stereocenters. The van der Waals surface area contributed by atoms with Crippen molar-refractivity contribution in [3.05, 3.63) is 18.6 Å². The van der Waals surface area contributed by atoms with Crippen molar-refractivity contribution in [1.29, 1.82) is 0 Å². The lowest BCUT2D eigenvalue weighted by Crippen LogP contribution is -2.22. The lowest BCUT2D eigenvalue weighted by molar-refractivity contribution is 0.337. The molecule has 4 heteroatoms. The zero-order valence-corrected chi connectivity index (χ0v) is 9.02. The van der Waals surface area contributed by atoms with Crippen LogP contribution in [0.15, 0.2) is 18.6 Å². The second-order valence-corrected chi connectivity index (χ2v) is 3.92. The largest absolute Gasteiger partial charge is 0.370 e. The first-order chi connectivity index (χ1) is 7.45. The summed E-state index contributed by atoms with van der Waals surface area (Å²) in [7, 11) is 0. The Bertz CT molecular complexity index is 269. The second-order valence-electron chi connectivity index (χ2n) is 3.92. The molecule has 0 aromatic carbocycles. The van der Waals surface area contributed by atoms with E-state index in [1.165, 1.54) is 38.9 Å². The zero-order valence-electron chi connectivity index (χ0n) is 9.02. The van der Waals surface area contributed by atoms with Gasteiger partial charge in [-0.2, -0.15) is 0 Å². The highest BCUT2D eigenvalue weighted by molar-refractivity contribution is 5.31. The lowest BCUT2D eigenvalue weighted by Gasteiger charge is -2.14. The average molecular weight is 206 g/mol. The number of hydrogen-bond donors (Lipinski definition) is 1. The number of hydrogen-bond acceptors (Lipinski definition) is 4. The van der Waals surface area contributed by atoms with E-state index in [-0.39, 0.29) is 0 Å². The van der Waals surface area contributed by atoms with E-state index in [9.17, 15) is 0 Å². The Balaban J connectivity index is 1.59. The molecule has 1 aliphatic rings. The van der Waals surface area contributed by atoms with E-state index in [0.29, 0.717) is 0 Å². The van der Waals surface area contributed by atoms with Crippen molar-refractivity contribution in [3.63, 3.8) is 0 Å². The fourth-order valence-electron chi connectivity index (χ4n) is 1.92. The fraction of sp³-hybridized carbons (Fsp3) is 0.636. The number of nitrogens with zero attached hydrogens (tertiary/aromatic N) is 3. The summed E-state index contributed by atoms with van der Waals surface area (Å²) in [6, 6.07) is 1.90. The van der Waals surface area contributed by atoms with Gasteiger partial charge in [-0.15, -0.1) is 0 Å². The molecule has 0 amide bonds. The van der Waals surface area contributed by atoms with Crippen LogP contribution in [-0.4, -0.2) is 41.0 Å². The quantitative estimate of drug-likeness (QED) is 0.739. The molecule has 4 nitrogen and oxygen atoms in total. The number of nitrogens with one attached hydrogen (secondary N) is 1. The molecule has 1 aromatic heterocycles. The third-order valence-electron chi connectivity index (χ3n) is 2.74. The fourth-order valence-corrected chi connectivity index (χ4v) is 1.92. The molecule has 1 aliphatic heterocycles. The zero-order chi connectivity index (χ0) is 10.3. The molecule has 1 fully saturated rings. The van der Waals surface area contributed by atoms with Crippen molar-refractivity contribution in [1.82, 2.24) is 14.9 Å². The van der Waals surface area contributed by atoms with Crippen LogP contribution in [0, 0.1) is 0 Å². The summed E-state index contributed by atoms with van der Waals surface area (Å²) < 4.78 is 0. The van der Waals surface area contributed by atoms with Gasteiger partial charge in [0.05, 0.1) is 0 Å². The normalized spacial score (nSPS) is 16.8. The van der Waals surface area contributed by atoms with Crippen LogP contribution in [0.25, 0.3) is 0 Å². The Kier molecular flexibility index (Phi) is 3.91. The topological polar surface area (TPSA) is 41.0 Å². The number of rotatable bonds is 5. The van der Waals surface area contributed by atoms with Crippen LogP contribution in [-0.2, 0) is 0 Å². The number of aromatic nitrogens is 2. The Morgan fingerprint density at radius 3 is 2.93 bits per heavy atom. The summed E-state index contributed by atoms with van der Waals surface area (Å²) >= 11 is 0. The summed E-state index contributed by atoms with van der Waals surface area (Å²) in [5, 5.41) is 3.29. The van der Waals surface area contributed by atoms with E-state index < -0.39 is 0 Å². The van der Waals surface area contributed by atoms with Crippen LogP contribution < -0.4 is 5.32 Å². The van der Waals surface area contributed by atoms with Gasteiger partial charge in [-0.25, -0.2) is 9.97 Å². The van der Waals surface area contributed by atoms with Crippen molar-refractivity contribution in [2.24, 2.45) is 0 Å². The molecule has 0 bridgehead atoms. The Labute approximate surface area is 90.7 Å². The smallest absolute Gasteiger partial charge is 0.129 e. The van der Waals surface area contributed by atoms with Gasteiger partial charge in [0.1, 0.15) is 12.1 Å². The molecule has 82 valence electrons. The highest BCUT2D eigenvalue weighted by Gasteiger charge is 2.09. The van der Waals surface area contributed by atoms with Gasteiger partial charge >= 0.3 is 0 Å². The standard InChI is InChI=1S/C11H18N4/c1-2-8-15(7-1)9-3-5-13-11-4-6-12-10-14-11/h4,6,10H,1-3,5,7-9H2,(H,12,13,14). The van der Waals surface area contributed by atoms with Crippen LogP contribution in [0.4, 0.5) is 5.82 Å². The summed E-state index contributed by atoms with van der Waals surface area (Å²) in [5.74, 6) is 0.923. The van der Waals surface area contributed by atoms with Gasteiger partial charge in [0.15, 0.2) is 0 Å². The highest BCUT2D eigenvalue weighted by atomic mass is 15.1. The van der Waals surface area contributed by atoms with Crippen LogP contribution >= 0.6 is 0 Å².